The first-order chi connectivity index (χ1) is 13.8. The summed E-state index contributed by atoms with van der Waals surface area (Å²) in [4.78, 5) is 2.47. The lowest BCUT2D eigenvalue weighted by molar-refractivity contribution is 0.238. The molecule has 1 saturated heterocycles. The number of hydrogen-bond donors (Lipinski definition) is 0. The summed E-state index contributed by atoms with van der Waals surface area (Å²) in [6, 6.07) is 12.7. The molecule has 0 saturated carbocycles. The lowest BCUT2D eigenvalue weighted by Crippen LogP contribution is -2.25. The van der Waals surface area contributed by atoms with Crippen molar-refractivity contribution in [3.8, 4) is 17.2 Å². The fourth-order valence-corrected chi connectivity index (χ4v) is 4.16. The first-order valence-electron chi connectivity index (χ1n) is 10.2. The normalized spacial score (nSPS) is 16.4. The van der Waals surface area contributed by atoms with Crippen LogP contribution in [0.1, 0.15) is 36.0 Å². The van der Waals surface area contributed by atoms with Crippen LogP contribution in [-0.4, -0.2) is 45.4 Å². The smallest absolute Gasteiger partial charge is 0.161 e. The standard InChI is InChI=1S/C24H29NO3/c1-26-23-16-19-6-5-7-21(22(19)17-24(23)27-2)18-8-10-20(11-9-18)28-15-14-25-12-3-4-13-25/h7-11,16-17H,3-6,12-15H2,1-2H3. The molecule has 2 aromatic rings. The van der Waals surface area contributed by atoms with Crippen molar-refractivity contribution in [1.82, 2.24) is 4.90 Å². The molecule has 0 aromatic heterocycles. The molecule has 0 atom stereocenters. The van der Waals surface area contributed by atoms with Crippen LogP contribution in [0.4, 0.5) is 0 Å². The van der Waals surface area contributed by atoms with E-state index in [9.17, 15) is 0 Å². The maximum Gasteiger partial charge on any atom is 0.161 e. The molecule has 4 rings (SSSR count). The zero-order chi connectivity index (χ0) is 19.3. The Morgan fingerprint density at radius 1 is 0.929 bits per heavy atom. The van der Waals surface area contributed by atoms with Gasteiger partial charge in [0, 0.05) is 6.54 Å². The molecular formula is C24H29NO3. The molecule has 1 fully saturated rings. The van der Waals surface area contributed by atoms with Crippen LogP contribution in [0.2, 0.25) is 0 Å². The van der Waals surface area contributed by atoms with Gasteiger partial charge in [-0.25, -0.2) is 0 Å². The highest BCUT2D eigenvalue weighted by Gasteiger charge is 2.18. The summed E-state index contributed by atoms with van der Waals surface area (Å²) in [7, 11) is 3.37. The molecule has 28 heavy (non-hydrogen) atoms. The second-order valence-electron chi connectivity index (χ2n) is 7.44. The van der Waals surface area contributed by atoms with E-state index < -0.39 is 0 Å². The Balaban J connectivity index is 1.48. The maximum atomic E-state index is 5.95. The van der Waals surface area contributed by atoms with Crippen LogP contribution >= 0.6 is 0 Å². The van der Waals surface area contributed by atoms with Gasteiger partial charge >= 0.3 is 0 Å². The van der Waals surface area contributed by atoms with Crippen molar-refractivity contribution in [2.24, 2.45) is 0 Å². The molecule has 0 N–H and O–H groups in total. The van der Waals surface area contributed by atoms with Crippen LogP contribution in [0.15, 0.2) is 42.5 Å². The monoisotopic (exact) mass is 379 g/mol. The van der Waals surface area contributed by atoms with Gasteiger partial charge in [0.25, 0.3) is 0 Å². The van der Waals surface area contributed by atoms with E-state index in [1.807, 2.05) is 0 Å². The van der Waals surface area contributed by atoms with Gasteiger partial charge in [0.2, 0.25) is 0 Å². The summed E-state index contributed by atoms with van der Waals surface area (Å²) in [5, 5.41) is 0. The van der Waals surface area contributed by atoms with E-state index in [1.54, 1.807) is 14.2 Å². The number of allylic oxidation sites excluding steroid dienone is 1. The molecule has 0 radical (unpaired) electrons. The zero-order valence-corrected chi connectivity index (χ0v) is 16.9. The van der Waals surface area contributed by atoms with Gasteiger partial charge in [0.15, 0.2) is 11.5 Å². The van der Waals surface area contributed by atoms with Crippen molar-refractivity contribution in [3.05, 3.63) is 59.2 Å². The molecule has 2 aromatic carbocycles. The van der Waals surface area contributed by atoms with Crippen molar-refractivity contribution >= 4 is 5.57 Å². The van der Waals surface area contributed by atoms with Crippen molar-refractivity contribution in [2.75, 3.05) is 40.5 Å². The Labute approximate surface area is 167 Å². The average molecular weight is 380 g/mol. The Bertz CT molecular complexity index is 836. The summed E-state index contributed by atoms with van der Waals surface area (Å²) >= 11 is 0. The van der Waals surface area contributed by atoms with E-state index in [0.717, 1.165) is 43.2 Å². The second-order valence-corrected chi connectivity index (χ2v) is 7.44. The van der Waals surface area contributed by atoms with Gasteiger partial charge in [-0.1, -0.05) is 18.2 Å². The highest BCUT2D eigenvalue weighted by atomic mass is 16.5. The van der Waals surface area contributed by atoms with Crippen molar-refractivity contribution < 1.29 is 14.2 Å². The quantitative estimate of drug-likeness (QED) is 0.706. The molecule has 0 spiro atoms. The van der Waals surface area contributed by atoms with E-state index in [4.69, 9.17) is 14.2 Å². The third kappa shape index (κ3) is 4.02. The minimum atomic E-state index is 0.752. The van der Waals surface area contributed by atoms with Gasteiger partial charge in [-0.15, -0.1) is 0 Å². The maximum absolute atomic E-state index is 5.95. The van der Waals surface area contributed by atoms with Gasteiger partial charge in [-0.3, -0.25) is 4.90 Å². The summed E-state index contributed by atoms with van der Waals surface area (Å²) in [6.07, 6.45) is 7.02. The first-order valence-corrected chi connectivity index (χ1v) is 10.2. The van der Waals surface area contributed by atoms with Crippen LogP contribution in [-0.2, 0) is 6.42 Å². The third-order valence-electron chi connectivity index (χ3n) is 5.70. The predicted molar refractivity (Wildman–Crippen MR) is 113 cm³/mol. The zero-order valence-electron chi connectivity index (χ0n) is 16.9. The van der Waals surface area contributed by atoms with Crippen molar-refractivity contribution in [3.63, 3.8) is 0 Å². The van der Waals surface area contributed by atoms with Crippen LogP contribution in [0.3, 0.4) is 0 Å². The summed E-state index contributed by atoms with van der Waals surface area (Å²) in [5.41, 5.74) is 5.00. The van der Waals surface area contributed by atoms with E-state index >= 15 is 0 Å². The molecular weight excluding hydrogens is 350 g/mol. The van der Waals surface area contributed by atoms with Gasteiger partial charge in [0.1, 0.15) is 12.4 Å². The molecule has 148 valence electrons. The number of ether oxygens (including phenoxy) is 3. The summed E-state index contributed by atoms with van der Waals surface area (Å²) < 4.78 is 16.9. The number of likely N-dealkylation sites (tertiary alicyclic amines) is 1. The van der Waals surface area contributed by atoms with Crippen LogP contribution < -0.4 is 14.2 Å². The lowest BCUT2D eigenvalue weighted by Gasteiger charge is -2.21. The second kappa shape index (κ2) is 8.70. The highest BCUT2D eigenvalue weighted by Crippen LogP contribution is 2.39. The summed E-state index contributed by atoms with van der Waals surface area (Å²) in [5.74, 6) is 2.51. The Hall–Kier alpha value is -2.46. The van der Waals surface area contributed by atoms with Gasteiger partial charge in [-0.05, 0) is 85.3 Å². The molecule has 0 amide bonds. The van der Waals surface area contributed by atoms with Gasteiger partial charge in [0.05, 0.1) is 14.2 Å². The van der Waals surface area contributed by atoms with Crippen LogP contribution in [0, 0.1) is 0 Å². The van der Waals surface area contributed by atoms with E-state index in [2.05, 4.69) is 47.4 Å². The van der Waals surface area contributed by atoms with Gasteiger partial charge in [-0.2, -0.15) is 0 Å². The lowest BCUT2D eigenvalue weighted by atomic mass is 9.86. The molecule has 0 unspecified atom stereocenters. The Kier molecular flexibility index (Phi) is 5.87. The average Bonchev–Trinajstić information content (AvgIpc) is 3.26. The largest absolute Gasteiger partial charge is 0.493 e. The highest BCUT2D eigenvalue weighted by molar-refractivity contribution is 5.84. The number of fused-ring (bicyclic) bond motifs is 1. The molecule has 1 aliphatic heterocycles. The first kappa shape index (κ1) is 18.9. The number of methoxy groups -OCH3 is 2. The molecule has 4 nitrogen and oxygen atoms in total. The Morgan fingerprint density at radius 3 is 2.36 bits per heavy atom. The van der Waals surface area contributed by atoms with E-state index in [-0.39, 0.29) is 0 Å². The fraction of sp³-hybridized carbons (Fsp3) is 0.417. The van der Waals surface area contributed by atoms with E-state index in [1.165, 1.54) is 48.2 Å². The van der Waals surface area contributed by atoms with Crippen molar-refractivity contribution in [2.45, 2.75) is 25.7 Å². The molecule has 0 bridgehead atoms. The molecule has 1 aliphatic carbocycles. The predicted octanol–water partition coefficient (Wildman–Crippen LogP) is 4.56. The number of benzene rings is 2. The van der Waals surface area contributed by atoms with E-state index in [0.29, 0.717) is 0 Å². The number of hydrogen-bond acceptors (Lipinski definition) is 4. The topological polar surface area (TPSA) is 30.9 Å². The molecule has 1 heterocycles. The number of rotatable bonds is 7. The SMILES string of the molecule is COc1cc2c(cc1OC)C(c1ccc(OCCN3CCCC3)cc1)=CCC2. The van der Waals surface area contributed by atoms with Crippen molar-refractivity contribution in [1.29, 1.82) is 0 Å². The number of nitrogens with zero attached hydrogens (tertiary/aromatic N) is 1. The molecule has 2 aliphatic rings. The fourth-order valence-electron chi connectivity index (χ4n) is 4.16. The molecule has 4 heteroatoms. The van der Waals surface area contributed by atoms with Gasteiger partial charge < -0.3 is 14.2 Å². The van der Waals surface area contributed by atoms with Crippen LogP contribution in [0.5, 0.6) is 17.2 Å². The minimum absolute atomic E-state index is 0.752. The summed E-state index contributed by atoms with van der Waals surface area (Å²) in [6.45, 7) is 4.19. The van der Waals surface area contributed by atoms with Crippen LogP contribution in [0.25, 0.3) is 5.57 Å². The minimum Gasteiger partial charge on any atom is -0.493 e. The third-order valence-corrected chi connectivity index (χ3v) is 5.70. The Morgan fingerprint density at radius 2 is 1.64 bits per heavy atom. The number of aryl methyl sites for hydroxylation is 1.